The number of benzene rings is 1. The number of carboxylic acid groups (broad SMARTS) is 1. The number of aliphatic imine (C=N–C) groups is 1. The first-order valence-corrected chi connectivity index (χ1v) is 9.28. The first-order chi connectivity index (χ1) is 13.4. The van der Waals surface area contributed by atoms with Gasteiger partial charge in [0.05, 0.1) is 6.04 Å². The Labute approximate surface area is 161 Å². The second kappa shape index (κ2) is 10.5. The molecule has 27 heavy (non-hydrogen) atoms. The second-order valence-corrected chi connectivity index (χ2v) is 6.67. The van der Waals surface area contributed by atoms with Crippen LogP contribution in [0.1, 0.15) is 37.7 Å². The van der Waals surface area contributed by atoms with Crippen molar-refractivity contribution >= 4 is 17.8 Å². The molecule has 1 saturated heterocycles. The summed E-state index contributed by atoms with van der Waals surface area (Å²) in [6.45, 7) is 1.16. The number of carbonyl (C=O) groups excluding carboxylic acids is 1. The Morgan fingerprint density at radius 2 is 2.07 bits per heavy atom. The monoisotopic (exact) mass is 376 g/mol. The van der Waals surface area contributed by atoms with Gasteiger partial charge in [-0.2, -0.15) is 0 Å². The van der Waals surface area contributed by atoms with Crippen LogP contribution in [-0.2, 0) is 16.1 Å². The summed E-state index contributed by atoms with van der Waals surface area (Å²) in [4.78, 5) is 29.9. The van der Waals surface area contributed by atoms with Crippen molar-refractivity contribution in [3.8, 4) is 0 Å². The van der Waals surface area contributed by atoms with E-state index < -0.39 is 18.1 Å². The third-order valence-corrected chi connectivity index (χ3v) is 4.62. The Bertz CT molecular complexity index is 681. The Balaban J connectivity index is 2.06. The van der Waals surface area contributed by atoms with Crippen LogP contribution in [0.4, 0.5) is 0 Å². The van der Waals surface area contributed by atoms with E-state index in [-0.39, 0.29) is 18.4 Å². The third-order valence-electron chi connectivity index (χ3n) is 4.62. The molecule has 0 aliphatic carbocycles. The molecule has 0 radical (unpaired) electrons. The molecule has 0 saturated carbocycles. The van der Waals surface area contributed by atoms with Crippen LogP contribution in [0, 0.1) is 0 Å². The zero-order valence-electron chi connectivity index (χ0n) is 16.5. The minimum absolute atomic E-state index is 0.0280. The Kier molecular flexibility index (Phi) is 7.46. The molecule has 1 aromatic carbocycles. The van der Waals surface area contributed by atoms with Crippen molar-refractivity contribution in [2.45, 2.75) is 50.7 Å². The van der Waals surface area contributed by atoms with E-state index in [0.717, 1.165) is 5.56 Å². The number of guanidine groups is 1. The van der Waals surface area contributed by atoms with Crippen molar-refractivity contribution in [3.63, 3.8) is 0 Å². The first kappa shape index (κ1) is 19.2. The van der Waals surface area contributed by atoms with Gasteiger partial charge in [-0.1, -0.05) is 30.3 Å². The van der Waals surface area contributed by atoms with Crippen molar-refractivity contribution in [1.29, 1.82) is 0 Å². The molecule has 1 aliphatic heterocycles. The highest BCUT2D eigenvalue weighted by Gasteiger charge is 2.36. The maximum absolute atomic E-state index is 13.1. The Hall–Kier alpha value is -2.61. The minimum Gasteiger partial charge on any atom is -0.480 e. The number of nitrogens with two attached hydrogens (primary N) is 2. The lowest BCUT2D eigenvalue weighted by Gasteiger charge is -2.27. The molecule has 0 unspecified atom stereocenters. The van der Waals surface area contributed by atoms with Gasteiger partial charge >= 0.3 is 5.97 Å². The molecule has 0 spiro atoms. The molecule has 1 fully saturated rings. The van der Waals surface area contributed by atoms with E-state index in [1.807, 2.05) is 30.3 Å². The molecule has 1 amide bonds. The van der Waals surface area contributed by atoms with Gasteiger partial charge in [0.25, 0.3) is 0 Å². The summed E-state index contributed by atoms with van der Waals surface area (Å²) < 4.78 is 8.45. The van der Waals surface area contributed by atoms with Crippen molar-refractivity contribution in [2.75, 3.05) is 13.1 Å². The van der Waals surface area contributed by atoms with Crippen LogP contribution in [0.15, 0.2) is 35.3 Å². The lowest BCUT2D eigenvalue weighted by Crippen LogP contribution is -2.50. The number of unbranched alkanes of at least 4 members (excludes halogenated alkanes) is 1. The van der Waals surface area contributed by atoms with Crippen LogP contribution in [0.25, 0.3) is 0 Å². The molecule has 6 N–H and O–H groups in total. The van der Waals surface area contributed by atoms with Gasteiger partial charge in [0.1, 0.15) is 7.45 Å². The normalized spacial score (nSPS) is 18.2. The Morgan fingerprint density at radius 1 is 1.33 bits per heavy atom. The maximum Gasteiger partial charge on any atom is 0.326 e. The predicted molar refractivity (Wildman–Crippen MR) is 104 cm³/mol. The highest BCUT2D eigenvalue weighted by atomic mass is 16.4. The van der Waals surface area contributed by atoms with Gasteiger partial charge in [-0.25, -0.2) is 4.79 Å². The van der Waals surface area contributed by atoms with Crippen LogP contribution in [0.3, 0.4) is 0 Å². The van der Waals surface area contributed by atoms with Crippen molar-refractivity contribution in [2.24, 2.45) is 16.5 Å². The van der Waals surface area contributed by atoms with Gasteiger partial charge in [-0.15, -0.1) is 0 Å². The fourth-order valence-corrected chi connectivity index (χ4v) is 3.23. The zero-order valence-corrected chi connectivity index (χ0v) is 15.5. The fourth-order valence-electron chi connectivity index (χ4n) is 3.23. The van der Waals surface area contributed by atoms with Crippen LogP contribution >= 0.6 is 0 Å². The zero-order chi connectivity index (χ0) is 20.5. The number of carbonyl (C=O) groups is 2. The molecule has 2 rings (SSSR count). The summed E-state index contributed by atoms with van der Waals surface area (Å²) in [6.07, 6.45) is 2.90. The smallest absolute Gasteiger partial charge is 0.326 e. The van der Waals surface area contributed by atoms with Gasteiger partial charge in [0.15, 0.2) is 5.96 Å². The topological polar surface area (TPSA) is 134 Å². The van der Waals surface area contributed by atoms with E-state index in [9.17, 15) is 14.7 Å². The molecular weight excluding hydrogens is 346 g/mol. The van der Waals surface area contributed by atoms with Gasteiger partial charge < -0.3 is 26.8 Å². The number of carboxylic acids is 1. The maximum atomic E-state index is 13.1. The van der Waals surface area contributed by atoms with E-state index >= 15 is 0 Å². The third kappa shape index (κ3) is 6.56. The lowest BCUT2D eigenvalue weighted by atomic mass is 10.1. The number of aliphatic carboxylic acids is 1. The van der Waals surface area contributed by atoms with Crippen molar-refractivity contribution < 1.29 is 16.1 Å². The quantitative estimate of drug-likeness (QED) is 0.269. The number of amides is 1. The number of likely N-dealkylation sites (tertiary alicyclic amines) is 1. The summed E-state index contributed by atoms with van der Waals surface area (Å²) in [5.74, 6) is -1.25. The molecule has 0 aromatic heterocycles. The molecule has 8 heteroatoms. The number of nitrogens with zero attached hydrogens (tertiary/aromatic N) is 2. The molecule has 1 aromatic rings. The minimum atomic E-state index is -0.989. The molecule has 0 bridgehead atoms. The number of hydrogen-bond donors (Lipinski definition) is 4. The van der Waals surface area contributed by atoms with E-state index in [4.69, 9.17) is 12.9 Å². The molecule has 2 atom stereocenters. The fraction of sp³-hybridized carbons (Fsp3) is 0.526. The Morgan fingerprint density at radius 3 is 2.74 bits per heavy atom. The largest absolute Gasteiger partial charge is 0.480 e. The average molecular weight is 376 g/mol. The lowest BCUT2D eigenvalue weighted by molar-refractivity contribution is -0.149. The van der Waals surface area contributed by atoms with E-state index in [0.29, 0.717) is 45.2 Å². The predicted octanol–water partition coefficient (Wildman–Crippen LogP) is 0.664. The highest BCUT2D eigenvalue weighted by molar-refractivity contribution is 5.87. The van der Waals surface area contributed by atoms with Gasteiger partial charge in [0.2, 0.25) is 5.91 Å². The van der Waals surface area contributed by atoms with E-state index in [1.54, 1.807) is 0 Å². The molecular formula is C19H29N5O3. The van der Waals surface area contributed by atoms with Crippen LogP contribution in [0.5, 0.6) is 0 Å². The van der Waals surface area contributed by atoms with E-state index in [2.05, 4.69) is 4.99 Å². The summed E-state index contributed by atoms with van der Waals surface area (Å²) in [6, 6.07) is 7.95. The average Bonchev–Trinajstić information content (AvgIpc) is 3.15. The highest BCUT2D eigenvalue weighted by Crippen LogP contribution is 2.20. The molecule has 8 nitrogen and oxygen atoms in total. The number of rotatable bonds is 10. The summed E-state index contributed by atoms with van der Waals surface area (Å²) >= 11 is 0. The first-order valence-electron chi connectivity index (χ1n) is 9.73. The van der Waals surface area contributed by atoms with Crippen LogP contribution < -0.4 is 16.8 Å². The summed E-state index contributed by atoms with van der Waals surface area (Å²) in [5.41, 5.74) is 11.6. The molecule has 1 aliphatic rings. The van der Waals surface area contributed by atoms with Crippen LogP contribution in [0.2, 0.25) is 1.41 Å². The summed E-state index contributed by atoms with van der Waals surface area (Å²) in [7, 11) is 0. The SMILES string of the molecule is [2H]N(Cc1ccccc1)[C@@H](CCCCN=C(N)N)C(=O)N1CCC[C@H]1C(=O)O. The van der Waals surface area contributed by atoms with Gasteiger partial charge in [0, 0.05) is 19.6 Å². The van der Waals surface area contributed by atoms with Gasteiger partial charge in [-0.05, 0) is 37.7 Å². The number of hydrogen-bond acceptors (Lipinski definition) is 4. The van der Waals surface area contributed by atoms with Gasteiger partial charge in [-0.3, -0.25) is 9.79 Å². The van der Waals surface area contributed by atoms with Crippen molar-refractivity contribution in [1.82, 2.24) is 10.2 Å². The number of nitrogens with one attached hydrogen (secondary N) is 1. The molecule has 1 heterocycles. The second-order valence-electron chi connectivity index (χ2n) is 6.67. The standard InChI is InChI=1S/C19H29N5O3/c20-19(21)22-11-5-4-9-15(23-13-14-7-2-1-3-8-14)17(25)24-12-6-10-16(24)18(26)27/h1-3,7-8,15-16,23H,4-6,9-13H2,(H,26,27)(H4,20,21,22)/t15-,16-/m0/s1/i/hD. The van der Waals surface area contributed by atoms with E-state index in [1.165, 1.54) is 10.2 Å². The molecule has 148 valence electrons. The summed E-state index contributed by atoms with van der Waals surface area (Å²) in [5, 5.41) is 10.7. The van der Waals surface area contributed by atoms with Crippen molar-refractivity contribution in [3.05, 3.63) is 35.9 Å². The van der Waals surface area contributed by atoms with Crippen LogP contribution in [-0.4, -0.2) is 53.0 Å².